The zero-order chi connectivity index (χ0) is 15.1. The normalized spacial score (nSPS) is 14.6. The molecule has 1 fully saturated rings. The Labute approximate surface area is 124 Å². The lowest BCUT2D eigenvalue weighted by Gasteiger charge is -2.05. The Hall–Kier alpha value is -2.17. The molecule has 2 amide bonds. The van der Waals surface area contributed by atoms with Gasteiger partial charge in [-0.15, -0.1) is 0 Å². The lowest BCUT2D eigenvalue weighted by molar-refractivity contribution is -0.126. The van der Waals surface area contributed by atoms with E-state index in [1.807, 2.05) is 37.3 Å². The van der Waals surface area contributed by atoms with E-state index in [9.17, 15) is 9.59 Å². The highest BCUT2D eigenvalue weighted by atomic mass is 16.2. The smallest absolute Gasteiger partial charge is 0.240 e. The molecule has 0 unspecified atom stereocenters. The SMILES string of the molecule is C/C(=N/NC(=O)CCC(=O)NCc1ccccc1)C1CC1. The van der Waals surface area contributed by atoms with Crippen molar-refractivity contribution < 1.29 is 9.59 Å². The number of benzene rings is 1. The van der Waals surface area contributed by atoms with Crippen molar-refractivity contribution in [3.8, 4) is 0 Å². The van der Waals surface area contributed by atoms with Gasteiger partial charge >= 0.3 is 0 Å². The molecule has 1 aliphatic carbocycles. The van der Waals surface area contributed by atoms with Gasteiger partial charge in [-0.05, 0) is 31.2 Å². The molecular formula is C16H21N3O2. The van der Waals surface area contributed by atoms with Gasteiger partial charge in [0.25, 0.3) is 0 Å². The first kappa shape index (κ1) is 15.2. The number of hydrazone groups is 1. The summed E-state index contributed by atoms with van der Waals surface area (Å²) < 4.78 is 0. The molecule has 0 spiro atoms. The van der Waals surface area contributed by atoms with Gasteiger partial charge in [0.2, 0.25) is 11.8 Å². The topological polar surface area (TPSA) is 70.6 Å². The van der Waals surface area contributed by atoms with Gasteiger partial charge in [-0.2, -0.15) is 5.10 Å². The van der Waals surface area contributed by atoms with Crippen molar-refractivity contribution in [2.45, 2.75) is 39.2 Å². The molecular weight excluding hydrogens is 266 g/mol. The molecule has 1 aromatic carbocycles. The Morgan fingerprint density at radius 2 is 1.81 bits per heavy atom. The minimum absolute atomic E-state index is 0.128. The van der Waals surface area contributed by atoms with Crippen LogP contribution in [0.3, 0.4) is 0 Å². The molecule has 1 aromatic rings. The molecule has 2 rings (SSSR count). The highest BCUT2D eigenvalue weighted by Gasteiger charge is 2.24. The van der Waals surface area contributed by atoms with Crippen molar-refractivity contribution in [1.82, 2.24) is 10.7 Å². The minimum Gasteiger partial charge on any atom is -0.352 e. The molecule has 112 valence electrons. The van der Waals surface area contributed by atoms with Crippen LogP contribution < -0.4 is 10.7 Å². The number of hydrogen-bond donors (Lipinski definition) is 2. The van der Waals surface area contributed by atoms with Crippen LogP contribution in [0.4, 0.5) is 0 Å². The van der Waals surface area contributed by atoms with Crippen LogP contribution in [0.25, 0.3) is 0 Å². The fourth-order valence-electron chi connectivity index (χ4n) is 1.91. The number of rotatable bonds is 7. The summed E-state index contributed by atoms with van der Waals surface area (Å²) in [4.78, 5) is 23.2. The maximum Gasteiger partial charge on any atom is 0.240 e. The third kappa shape index (κ3) is 5.77. The van der Waals surface area contributed by atoms with Crippen LogP contribution in [0.15, 0.2) is 35.4 Å². The van der Waals surface area contributed by atoms with Gasteiger partial charge in [-0.25, -0.2) is 5.43 Å². The van der Waals surface area contributed by atoms with Gasteiger partial charge in [-0.1, -0.05) is 30.3 Å². The van der Waals surface area contributed by atoms with E-state index in [4.69, 9.17) is 0 Å². The van der Waals surface area contributed by atoms with Gasteiger partial charge in [0.1, 0.15) is 0 Å². The first-order valence-electron chi connectivity index (χ1n) is 7.29. The summed E-state index contributed by atoms with van der Waals surface area (Å²) >= 11 is 0. The number of carbonyl (C=O) groups excluding carboxylic acids is 2. The predicted octanol–water partition coefficient (Wildman–Crippen LogP) is 1.99. The minimum atomic E-state index is -0.218. The average molecular weight is 287 g/mol. The zero-order valence-corrected chi connectivity index (χ0v) is 12.3. The van der Waals surface area contributed by atoms with E-state index >= 15 is 0 Å². The summed E-state index contributed by atoms with van der Waals surface area (Å²) in [6.07, 6.45) is 2.65. The standard InChI is InChI=1S/C16H21N3O2/c1-12(14-7-8-14)18-19-16(21)10-9-15(20)17-11-13-5-3-2-4-6-13/h2-6,14H,7-11H2,1H3,(H,17,20)(H,19,21)/b18-12-. The number of hydrogen-bond acceptors (Lipinski definition) is 3. The fraction of sp³-hybridized carbons (Fsp3) is 0.438. The highest BCUT2D eigenvalue weighted by molar-refractivity contribution is 5.88. The second-order valence-electron chi connectivity index (χ2n) is 5.32. The quantitative estimate of drug-likeness (QED) is 0.594. The highest BCUT2D eigenvalue weighted by Crippen LogP contribution is 2.30. The Morgan fingerprint density at radius 3 is 2.48 bits per heavy atom. The van der Waals surface area contributed by atoms with Gasteiger partial charge < -0.3 is 5.32 Å². The number of nitrogens with one attached hydrogen (secondary N) is 2. The second kappa shape index (κ2) is 7.57. The number of carbonyl (C=O) groups is 2. The third-order valence-electron chi connectivity index (χ3n) is 3.44. The van der Waals surface area contributed by atoms with Gasteiger partial charge in [0, 0.05) is 25.1 Å². The molecule has 0 aliphatic heterocycles. The largest absolute Gasteiger partial charge is 0.352 e. The summed E-state index contributed by atoms with van der Waals surface area (Å²) in [6.45, 7) is 2.41. The van der Waals surface area contributed by atoms with Crippen molar-refractivity contribution in [2.75, 3.05) is 0 Å². The molecule has 1 saturated carbocycles. The van der Waals surface area contributed by atoms with Crippen molar-refractivity contribution in [3.05, 3.63) is 35.9 Å². The van der Waals surface area contributed by atoms with Crippen LogP contribution in [0.5, 0.6) is 0 Å². The van der Waals surface area contributed by atoms with Crippen LogP contribution in [0.2, 0.25) is 0 Å². The second-order valence-corrected chi connectivity index (χ2v) is 5.32. The number of nitrogens with zero attached hydrogens (tertiary/aromatic N) is 1. The number of amides is 2. The molecule has 21 heavy (non-hydrogen) atoms. The molecule has 0 saturated heterocycles. The van der Waals surface area contributed by atoms with E-state index < -0.39 is 0 Å². The Balaban J connectivity index is 1.62. The van der Waals surface area contributed by atoms with E-state index in [1.54, 1.807) is 0 Å². The van der Waals surface area contributed by atoms with Crippen molar-refractivity contribution >= 4 is 17.5 Å². The Bertz CT molecular complexity index is 522. The van der Waals surface area contributed by atoms with Crippen LogP contribution in [0.1, 0.15) is 38.2 Å². The van der Waals surface area contributed by atoms with Gasteiger partial charge in [0.15, 0.2) is 0 Å². The summed E-state index contributed by atoms with van der Waals surface area (Å²) in [7, 11) is 0. The van der Waals surface area contributed by atoms with Crippen molar-refractivity contribution in [1.29, 1.82) is 0 Å². The maximum absolute atomic E-state index is 11.7. The van der Waals surface area contributed by atoms with Crippen LogP contribution >= 0.6 is 0 Å². The maximum atomic E-state index is 11.7. The molecule has 0 heterocycles. The summed E-state index contributed by atoms with van der Waals surface area (Å²) in [5, 5.41) is 6.84. The lowest BCUT2D eigenvalue weighted by Crippen LogP contribution is -2.26. The third-order valence-corrected chi connectivity index (χ3v) is 3.44. The van der Waals surface area contributed by atoms with Crippen molar-refractivity contribution in [2.24, 2.45) is 11.0 Å². The summed E-state index contributed by atoms with van der Waals surface area (Å²) in [5.74, 6) is 0.196. The van der Waals surface area contributed by atoms with Crippen LogP contribution in [0, 0.1) is 5.92 Å². The molecule has 1 aliphatic rings. The van der Waals surface area contributed by atoms with Crippen LogP contribution in [-0.4, -0.2) is 17.5 Å². The molecule has 5 nitrogen and oxygen atoms in total. The van der Waals surface area contributed by atoms with E-state index in [0.717, 1.165) is 24.1 Å². The van der Waals surface area contributed by atoms with Gasteiger partial charge in [-0.3, -0.25) is 9.59 Å². The summed E-state index contributed by atoms with van der Waals surface area (Å²) in [6, 6.07) is 9.68. The fourth-order valence-corrected chi connectivity index (χ4v) is 1.91. The molecule has 2 N–H and O–H groups in total. The van der Waals surface area contributed by atoms with Crippen molar-refractivity contribution in [3.63, 3.8) is 0 Å². The first-order chi connectivity index (χ1) is 10.1. The van der Waals surface area contributed by atoms with Crippen LogP contribution in [-0.2, 0) is 16.1 Å². The van der Waals surface area contributed by atoms with Gasteiger partial charge in [0.05, 0.1) is 0 Å². The van der Waals surface area contributed by atoms with E-state index in [2.05, 4.69) is 15.8 Å². The predicted molar refractivity (Wildman–Crippen MR) is 81.5 cm³/mol. The molecule has 0 bridgehead atoms. The monoisotopic (exact) mass is 287 g/mol. The molecule has 0 atom stereocenters. The van der Waals surface area contributed by atoms with E-state index in [1.165, 1.54) is 0 Å². The lowest BCUT2D eigenvalue weighted by atomic mass is 10.2. The average Bonchev–Trinajstić information content (AvgIpc) is 3.34. The van der Waals surface area contributed by atoms with E-state index in [0.29, 0.717) is 12.5 Å². The van der Waals surface area contributed by atoms with E-state index in [-0.39, 0.29) is 24.7 Å². The molecule has 0 aromatic heterocycles. The Kier molecular flexibility index (Phi) is 5.49. The summed E-state index contributed by atoms with van der Waals surface area (Å²) in [5.41, 5.74) is 4.51. The Morgan fingerprint density at radius 1 is 1.14 bits per heavy atom. The first-order valence-corrected chi connectivity index (χ1v) is 7.29. The zero-order valence-electron chi connectivity index (χ0n) is 12.3. The molecule has 0 radical (unpaired) electrons. The molecule has 5 heteroatoms.